The minimum absolute atomic E-state index is 0.149. The molecule has 2 aromatic rings. The largest absolute Gasteiger partial charge is 0.478 e. The molecule has 0 spiro atoms. The third kappa shape index (κ3) is 3.87. The summed E-state index contributed by atoms with van der Waals surface area (Å²) in [4.78, 5) is 19.5. The van der Waals surface area contributed by atoms with Crippen molar-refractivity contribution in [3.63, 3.8) is 0 Å². The Morgan fingerprint density at radius 2 is 2.00 bits per heavy atom. The highest BCUT2D eigenvalue weighted by atomic mass is 16.4. The van der Waals surface area contributed by atoms with Gasteiger partial charge in [0, 0.05) is 24.0 Å². The van der Waals surface area contributed by atoms with Gasteiger partial charge in [-0.2, -0.15) is 0 Å². The van der Waals surface area contributed by atoms with Crippen LogP contribution >= 0.6 is 0 Å². The Hall–Kier alpha value is -2.96. The van der Waals surface area contributed by atoms with Crippen molar-refractivity contribution in [3.8, 4) is 0 Å². The molecular weight excluding hydrogens is 306 g/mol. The zero-order valence-electron chi connectivity index (χ0n) is 13.8. The molecule has 0 radical (unpaired) electrons. The molecule has 0 saturated carbocycles. The number of rotatable bonds is 7. The third-order valence-corrected chi connectivity index (χ3v) is 3.77. The summed E-state index contributed by atoms with van der Waals surface area (Å²) in [7, 11) is 0. The first-order valence-corrected chi connectivity index (χ1v) is 7.64. The van der Waals surface area contributed by atoms with E-state index in [1.54, 1.807) is 19.9 Å². The molecule has 5 N–H and O–H groups in total. The maximum Gasteiger partial charge on any atom is 0.339 e. The number of nitrogens with one attached hydrogen (secondary N) is 2. The van der Waals surface area contributed by atoms with Crippen LogP contribution in [0.3, 0.4) is 0 Å². The van der Waals surface area contributed by atoms with Crippen LogP contribution in [-0.2, 0) is 6.42 Å². The number of carboxylic acid groups (broad SMARTS) is 1. The maximum absolute atomic E-state index is 11.1. The standard InChI is InChI=1S/C17H21N5O2/c1-10-15(16(23)24)11(2)22-17(21-10)20-8-4-6-12-5-3-7-14(19)13(12)9-18/h3,5,7,9,18H,4,6,8,19H2,1-2H3,(H,23,24)(H,20,21,22). The number of carboxylic acids is 1. The molecule has 0 aliphatic carbocycles. The SMILES string of the molecule is Cc1nc(NCCCc2cccc(N)c2C=N)nc(C)c1C(=O)O. The van der Waals surface area contributed by atoms with Gasteiger partial charge in [0.05, 0.1) is 11.4 Å². The van der Waals surface area contributed by atoms with Gasteiger partial charge < -0.3 is 21.6 Å². The number of aromatic carboxylic acids is 1. The van der Waals surface area contributed by atoms with Crippen molar-refractivity contribution in [1.82, 2.24) is 9.97 Å². The summed E-state index contributed by atoms with van der Waals surface area (Å²) >= 11 is 0. The number of hydrogen-bond acceptors (Lipinski definition) is 6. The third-order valence-electron chi connectivity index (χ3n) is 3.77. The van der Waals surface area contributed by atoms with Gasteiger partial charge in [0.15, 0.2) is 0 Å². The van der Waals surface area contributed by atoms with Crippen LogP contribution in [0.2, 0.25) is 0 Å². The average Bonchev–Trinajstić information content (AvgIpc) is 2.50. The van der Waals surface area contributed by atoms with Crippen LogP contribution in [0.25, 0.3) is 0 Å². The lowest BCUT2D eigenvalue weighted by molar-refractivity contribution is 0.0694. The van der Waals surface area contributed by atoms with Crippen LogP contribution in [-0.4, -0.2) is 33.8 Å². The predicted octanol–water partition coefficient (Wildman–Crippen LogP) is 2.42. The normalized spacial score (nSPS) is 10.4. The Balaban J connectivity index is 1.97. The van der Waals surface area contributed by atoms with Gasteiger partial charge in [0.25, 0.3) is 0 Å². The number of nitrogens with two attached hydrogens (primary N) is 1. The lowest BCUT2D eigenvalue weighted by atomic mass is 10.0. The molecule has 1 aromatic heterocycles. The van der Waals surface area contributed by atoms with E-state index in [0.29, 0.717) is 29.6 Å². The molecule has 7 heteroatoms. The van der Waals surface area contributed by atoms with Crippen LogP contribution in [0.1, 0.15) is 39.3 Å². The Labute approximate surface area is 140 Å². The van der Waals surface area contributed by atoms with Gasteiger partial charge in [-0.3, -0.25) is 0 Å². The minimum atomic E-state index is -1.02. The van der Waals surface area contributed by atoms with Crippen molar-refractivity contribution < 1.29 is 9.90 Å². The summed E-state index contributed by atoms with van der Waals surface area (Å²) in [5, 5.41) is 19.7. The molecule has 126 valence electrons. The Morgan fingerprint density at radius 3 is 2.58 bits per heavy atom. The van der Waals surface area contributed by atoms with Crippen molar-refractivity contribution in [2.75, 3.05) is 17.6 Å². The van der Waals surface area contributed by atoms with Crippen LogP contribution in [0.15, 0.2) is 18.2 Å². The first kappa shape index (κ1) is 17.4. The maximum atomic E-state index is 11.1. The van der Waals surface area contributed by atoms with Crippen molar-refractivity contribution in [3.05, 3.63) is 46.3 Å². The van der Waals surface area contributed by atoms with Crippen molar-refractivity contribution in [2.45, 2.75) is 26.7 Å². The fourth-order valence-electron chi connectivity index (χ4n) is 2.61. The quantitative estimate of drug-likeness (QED) is 0.351. The summed E-state index contributed by atoms with van der Waals surface area (Å²) < 4.78 is 0. The number of benzene rings is 1. The second-order valence-electron chi connectivity index (χ2n) is 5.49. The molecule has 7 nitrogen and oxygen atoms in total. The van der Waals surface area contributed by atoms with E-state index in [2.05, 4.69) is 15.3 Å². The van der Waals surface area contributed by atoms with Gasteiger partial charge in [-0.25, -0.2) is 14.8 Å². The first-order chi connectivity index (χ1) is 11.4. The van der Waals surface area contributed by atoms with E-state index in [1.807, 2.05) is 12.1 Å². The molecule has 0 unspecified atom stereocenters. The predicted molar refractivity (Wildman–Crippen MR) is 94.0 cm³/mol. The van der Waals surface area contributed by atoms with Crippen LogP contribution in [0, 0.1) is 19.3 Å². The number of aryl methyl sites for hydroxylation is 3. The van der Waals surface area contributed by atoms with Gasteiger partial charge in [-0.15, -0.1) is 0 Å². The number of nitrogens with zero attached hydrogens (tertiary/aromatic N) is 2. The number of anilines is 2. The van der Waals surface area contributed by atoms with Gasteiger partial charge >= 0.3 is 5.97 Å². The average molecular weight is 327 g/mol. The molecule has 0 atom stereocenters. The number of nitrogen functional groups attached to an aromatic ring is 1. The van der Waals surface area contributed by atoms with E-state index in [-0.39, 0.29) is 5.56 Å². The van der Waals surface area contributed by atoms with E-state index in [4.69, 9.17) is 16.2 Å². The molecule has 0 bridgehead atoms. The highest BCUT2D eigenvalue weighted by Crippen LogP contribution is 2.17. The fourth-order valence-corrected chi connectivity index (χ4v) is 2.61. The van der Waals surface area contributed by atoms with Crippen molar-refractivity contribution in [2.24, 2.45) is 0 Å². The fraction of sp³-hybridized carbons (Fsp3) is 0.294. The summed E-state index contributed by atoms with van der Waals surface area (Å²) in [5.74, 6) is -0.591. The molecule has 0 saturated heterocycles. The number of carbonyl (C=O) groups is 1. The van der Waals surface area contributed by atoms with Crippen LogP contribution in [0.4, 0.5) is 11.6 Å². The Kier molecular flexibility index (Phi) is 5.47. The van der Waals surface area contributed by atoms with Gasteiger partial charge in [0.2, 0.25) is 5.95 Å². The van der Waals surface area contributed by atoms with E-state index in [9.17, 15) is 4.79 Å². The molecule has 0 fully saturated rings. The van der Waals surface area contributed by atoms with E-state index < -0.39 is 5.97 Å². The molecule has 2 rings (SSSR count). The molecule has 0 aliphatic rings. The second kappa shape index (κ2) is 7.54. The van der Waals surface area contributed by atoms with Gasteiger partial charge in [-0.1, -0.05) is 12.1 Å². The Morgan fingerprint density at radius 1 is 1.33 bits per heavy atom. The molecular formula is C17H21N5O2. The molecule has 0 amide bonds. The Bertz CT molecular complexity index is 751. The summed E-state index contributed by atoms with van der Waals surface area (Å²) in [6.07, 6.45) is 2.86. The molecule has 1 heterocycles. The smallest absolute Gasteiger partial charge is 0.339 e. The lowest BCUT2D eigenvalue weighted by Crippen LogP contribution is -2.13. The lowest BCUT2D eigenvalue weighted by Gasteiger charge is -2.10. The minimum Gasteiger partial charge on any atom is -0.478 e. The van der Waals surface area contributed by atoms with Crippen molar-refractivity contribution in [1.29, 1.82) is 5.41 Å². The van der Waals surface area contributed by atoms with Crippen LogP contribution in [0.5, 0.6) is 0 Å². The zero-order chi connectivity index (χ0) is 17.7. The highest BCUT2D eigenvalue weighted by molar-refractivity contribution is 5.90. The number of hydrogen-bond donors (Lipinski definition) is 4. The topological polar surface area (TPSA) is 125 Å². The summed E-state index contributed by atoms with van der Waals surface area (Å²) in [6, 6.07) is 5.63. The highest BCUT2D eigenvalue weighted by Gasteiger charge is 2.14. The van der Waals surface area contributed by atoms with E-state index in [1.165, 1.54) is 6.21 Å². The van der Waals surface area contributed by atoms with Gasteiger partial charge in [-0.05, 0) is 38.3 Å². The van der Waals surface area contributed by atoms with E-state index in [0.717, 1.165) is 24.0 Å². The van der Waals surface area contributed by atoms with Crippen LogP contribution < -0.4 is 11.1 Å². The van der Waals surface area contributed by atoms with Gasteiger partial charge in [0.1, 0.15) is 5.56 Å². The summed E-state index contributed by atoms with van der Waals surface area (Å²) in [6.45, 7) is 3.95. The molecule has 0 aliphatic heterocycles. The number of aromatic nitrogens is 2. The molecule has 24 heavy (non-hydrogen) atoms. The first-order valence-electron chi connectivity index (χ1n) is 7.64. The zero-order valence-corrected chi connectivity index (χ0v) is 13.8. The second-order valence-corrected chi connectivity index (χ2v) is 5.49. The monoisotopic (exact) mass is 327 g/mol. The molecule has 1 aromatic carbocycles. The van der Waals surface area contributed by atoms with E-state index >= 15 is 0 Å². The van der Waals surface area contributed by atoms with Crippen molar-refractivity contribution >= 4 is 23.8 Å². The summed E-state index contributed by atoms with van der Waals surface area (Å²) in [5.41, 5.74) is 9.29.